The van der Waals surface area contributed by atoms with Gasteiger partial charge < -0.3 is 10.5 Å². The quantitative estimate of drug-likeness (QED) is 0.674. The van der Waals surface area contributed by atoms with Gasteiger partial charge in [0.15, 0.2) is 0 Å². The molecule has 0 atom stereocenters. The van der Waals surface area contributed by atoms with Crippen molar-refractivity contribution in [3.8, 4) is 17.2 Å². The van der Waals surface area contributed by atoms with Crippen molar-refractivity contribution in [1.82, 2.24) is 0 Å². The molecule has 0 saturated heterocycles. The Labute approximate surface area is 134 Å². The van der Waals surface area contributed by atoms with Crippen LogP contribution in [0.5, 0.6) is 0 Å². The molecule has 2 aromatic carbocycles. The number of nitrogen functional groups attached to an aromatic ring is 1. The zero-order valence-corrected chi connectivity index (χ0v) is 13.2. The van der Waals surface area contributed by atoms with E-state index in [-0.39, 0.29) is 5.56 Å². The Bertz CT molecular complexity index is 802. The van der Waals surface area contributed by atoms with E-state index in [0.29, 0.717) is 22.4 Å². The van der Waals surface area contributed by atoms with Crippen LogP contribution in [0, 0.1) is 17.1 Å². The third kappa shape index (κ3) is 3.86. The molecule has 0 spiro atoms. The topological polar surface area (TPSA) is 76.1 Å². The summed E-state index contributed by atoms with van der Waals surface area (Å²) < 4.78 is 19.0. The highest BCUT2D eigenvalue weighted by molar-refractivity contribution is 5.93. The molecule has 5 heteroatoms. The van der Waals surface area contributed by atoms with E-state index >= 15 is 0 Å². The van der Waals surface area contributed by atoms with Gasteiger partial charge in [-0.15, -0.1) is 0 Å². The zero-order valence-electron chi connectivity index (χ0n) is 13.2. The van der Waals surface area contributed by atoms with Crippen molar-refractivity contribution in [3.05, 3.63) is 53.3 Å². The molecular formula is C18H17FN2O2. The summed E-state index contributed by atoms with van der Waals surface area (Å²) in [5.74, 6) is -1.08. The summed E-state index contributed by atoms with van der Waals surface area (Å²) in [5, 5.41) is 8.76. The molecule has 0 aliphatic heterocycles. The van der Waals surface area contributed by atoms with E-state index in [9.17, 15) is 9.18 Å². The van der Waals surface area contributed by atoms with Gasteiger partial charge >= 0.3 is 5.97 Å². The minimum absolute atomic E-state index is 0.0299. The minimum Gasteiger partial charge on any atom is -0.456 e. The molecule has 2 rings (SSSR count). The number of nitrogens with two attached hydrogens (primary N) is 1. The van der Waals surface area contributed by atoms with E-state index in [4.69, 9.17) is 15.7 Å². The third-order valence-corrected chi connectivity index (χ3v) is 3.09. The summed E-state index contributed by atoms with van der Waals surface area (Å²) in [6, 6.07) is 10.7. The first-order chi connectivity index (χ1) is 10.7. The molecule has 0 amide bonds. The summed E-state index contributed by atoms with van der Waals surface area (Å²) in [5.41, 5.74) is 7.13. The fourth-order valence-electron chi connectivity index (χ4n) is 2.06. The van der Waals surface area contributed by atoms with Crippen molar-refractivity contribution >= 4 is 11.7 Å². The predicted octanol–water partition coefficient (Wildman–Crippen LogP) is 3.90. The molecule has 0 aliphatic rings. The van der Waals surface area contributed by atoms with Gasteiger partial charge in [-0.25, -0.2) is 9.18 Å². The summed E-state index contributed by atoms with van der Waals surface area (Å²) in [6.45, 7) is 5.34. The van der Waals surface area contributed by atoms with E-state index in [2.05, 4.69) is 0 Å². The molecule has 0 aliphatic carbocycles. The average molecular weight is 312 g/mol. The number of anilines is 1. The average Bonchev–Trinajstić information content (AvgIpc) is 2.45. The van der Waals surface area contributed by atoms with Gasteiger partial charge in [-0.1, -0.05) is 12.1 Å². The molecule has 0 unspecified atom stereocenters. The van der Waals surface area contributed by atoms with Gasteiger partial charge in [0.1, 0.15) is 17.5 Å². The lowest BCUT2D eigenvalue weighted by Crippen LogP contribution is -2.23. The molecule has 2 N–H and O–H groups in total. The molecule has 0 heterocycles. The number of nitrogens with zero attached hydrogens (tertiary/aromatic N) is 1. The van der Waals surface area contributed by atoms with Gasteiger partial charge in [0.25, 0.3) is 0 Å². The number of benzene rings is 2. The van der Waals surface area contributed by atoms with Gasteiger partial charge in [-0.3, -0.25) is 0 Å². The van der Waals surface area contributed by atoms with Gasteiger partial charge in [0, 0.05) is 11.3 Å². The van der Waals surface area contributed by atoms with E-state index < -0.39 is 17.4 Å². The van der Waals surface area contributed by atoms with Crippen LogP contribution in [-0.4, -0.2) is 11.6 Å². The van der Waals surface area contributed by atoms with Crippen LogP contribution in [0.1, 0.15) is 36.7 Å². The zero-order chi connectivity index (χ0) is 17.2. The van der Waals surface area contributed by atoms with Crippen molar-refractivity contribution in [2.24, 2.45) is 0 Å². The molecule has 0 aromatic heterocycles. The maximum absolute atomic E-state index is 13.7. The Kier molecular flexibility index (Phi) is 4.37. The maximum atomic E-state index is 13.7. The molecule has 0 saturated carbocycles. The third-order valence-electron chi connectivity index (χ3n) is 3.09. The highest BCUT2D eigenvalue weighted by Gasteiger charge is 2.18. The van der Waals surface area contributed by atoms with Crippen LogP contribution in [0.4, 0.5) is 10.1 Å². The Morgan fingerprint density at radius 1 is 1.22 bits per heavy atom. The Balaban J connectivity index is 2.35. The largest absolute Gasteiger partial charge is 0.456 e. The Morgan fingerprint density at radius 2 is 1.91 bits per heavy atom. The normalized spacial score (nSPS) is 10.9. The van der Waals surface area contributed by atoms with Crippen molar-refractivity contribution in [1.29, 1.82) is 5.26 Å². The molecule has 2 aromatic rings. The summed E-state index contributed by atoms with van der Waals surface area (Å²) in [7, 11) is 0. The number of halogens is 1. The summed E-state index contributed by atoms with van der Waals surface area (Å²) in [6.07, 6.45) is 0. The molecule has 0 bridgehead atoms. The maximum Gasteiger partial charge on any atom is 0.338 e. The lowest BCUT2D eigenvalue weighted by Gasteiger charge is -2.19. The van der Waals surface area contributed by atoms with Crippen LogP contribution in [0.15, 0.2) is 36.4 Å². The standard InChI is InChI=1S/C18H17FN2O2/c1-18(2,3)23-17(22)12-6-7-14(16(21)9-12)11-4-5-13(10-20)15(19)8-11/h4-9H,21H2,1-3H3. The summed E-state index contributed by atoms with van der Waals surface area (Å²) in [4.78, 5) is 12.0. The fourth-order valence-corrected chi connectivity index (χ4v) is 2.06. The predicted molar refractivity (Wildman–Crippen MR) is 86.1 cm³/mol. The van der Waals surface area contributed by atoms with E-state index in [1.54, 1.807) is 45.0 Å². The first kappa shape index (κ1) is 16.5. The van der Waals surface area contributed by atoms with Crippen molar-refractivity contribution in [2.45, 2.75) is 26.4 Å². The number of carbonyl (C=O) groups excluding carboxylic acids is 1. The Hall–Kier alpha value is -2.87. The van der Waals surface area contributed by atoms with Gasteiger partial charge in [-0.2, -0.15) is 5.26 Å². The van der Waals surface area contributed by atoms with Crippen molar-refractivity contribution in [3.63, 3.8) is 0 Å². The van der Waals surface area contributed by atoms with Gasteiger partial charge in [-0.05, 0) is 50.6 Å². The second kappa shape index (κ2) is 6.09. The van der Waals surface area contributed by atoms with Crippen molar-refractivity contribution in [2.75, 3.05) is 5.73 Å². The van der Waals surface area contributed by atoms with Crippen LogP contribution in [-0.2, 0) is 4.74 Å². The summed E-state index contributed by atoms with van der Waals surface area (Å²) >= 11 is 0. The van der Waals surface area contributed by atoms with E-state index in [0.717, 1.165) is 0 Å². The van der Waals surface area contributed by atoms with Crippen LogP contribution in [0.2, 0.25) is 0 Å². The van der Waals surface area contributed by atoms with Crippen LogP contribution < -0.4 is 5.73 Å². The second-order valence-electron chi connectivity index (χ2n) is 6.11. The highest BCUT2D eigenvalue weighted by atomic mass is 19.1. The number of rotatable bonds is 2. The monoisotopic (exact) mass is 312 g/mol. The lowest BCUT2D eigenvalue weighted by atomic mass is 10.00. The molecule has 23 heavy (non-hydrogen) atoms. The molecular weight excluding hydrogens is 295 g/mol. The molecule has 118 valence electrons. The number of carbonyl (C=O) groups is 1. The number of ether oxygens (including phenoxy) is 1. The van der Waals surface area contributed by atoms with Gasteiger partial charge in [0.05, 0.1) is 11.1 Å². The number of hydrogen-bond donors (Lipinski definition) is 1. The Morgan fingerprint density at radius 3 is 2.43 bits per heavy atom. The first-order valence-corrected chi connectivity index (χ1v) is 7.04. The second-order valence-corrected chi connectivity index (χ2v) is 6.11. The van der Waals surface area contributed by atoms with Gasteiger partial charge in [0.2, 0.25) is 0 Å². The smallest absolute Gasteiger partial charge is 0.338 e. The minimum atomic E-state index is -0.611. The molecule has 4 nitrogen and oxygen atoms in total. The number of esters is 1. The van der Waals surface area contributed by atoms with Crippen LogP contribution in [0.3, 0.4) is 0 Å². The van der Waals surface area contributed by atoms with Crippen LogP contribution >= 0.6 is 0 Å². The molecule has 0 fully saturated rings. The van der Waals surface area contributed by atoms with E-state index in [1.165, 1.54) is 18.2 Å². The SMILES string of the molecule is CC(C)(C)OC(=O)c1ccc(-c2ccc(C#N)c(F)c2)c(N)c1. The lowest BCUT2D eigenvalue weighted by molar-refractivity contribution is 0.00696. The van der Waals surface area contributed by atoms with Crippen LogP contribution in [0.25, 0.3) is 11.1 Å². The highest BCUT2D eigenvalue weighted by Crippen LogP contribution is 2.28. The fraction of sp³-hybridized carbons (Fsp3) is 0.222. The van der Waals surface area contributed by atoms with E-state index in [1.807, 2.05) is 0 Å². The van der Waals surface area contributed by atoms with Crippen molar-refractivity contribution < 1.29 is 13.9 Å². The number of hydrogen-bond acceptors (Lipinski definition) is 4. The number of nitriles is 1. The first-order valence-electron chi connectivity index (χ1n) is 7.04. The molecule has 0 radical (unpaired) electrons.